The minimum Gasteiger partial charge on any atom is -0.381 e. The van der Waals surface area contributed by atoms with Gasteiger partial charge in [0.25, 0.3) is 0 Å². The molecule has 21 heavy (non-hydrogen) atoms. The molecule has 4 rings (SSSR count). The lowest BCUT2D eigenvalue weighted by molar-refractivity contribution is 0.183. The molecule has 116 valence electrons. The molecule has 0 amide bonds. The average Bonchev–Trinajstić information content (AvgIpc) is 3.25. The predicted molar refractivity (Wildman–Crippen MR) is 82.4 cm³/mol. The molecule has 0 radical (unpaired) electrons. The van der Waals surface area contributed by atoms with E-state index in [2.05, 4.69) is 9.88 Å². The van der Waals surface area contributed by atoms with Crippen molar-refractivity contribution < 1.29 is 4.74 Å². The lowest BCUT2D eigenvalue weighted by Gasteiger charge is -2.19. The van der Waals surface area contributed by atoms with Crippen molar-refractivity contribution in [2.75, 3.05) is 19.8 Å². The molecule has 1 aromatic rings. The standard InChI is InChI=1S/C17H27N3O/c1-2-4-14(3-1)17-19-15-11-18-8-5-16(15)20(17)9-6-13-7-10-21-12-13/h13-14,18H,1-12H2. The van der Waals surface area contributed by atoms with Crippen LogP contribution < -0.4 is 5.32 Å². The Balaban J connectivity index is 1.57. The van der Waals surface area contributed by atoms with Crippen LogP contribution in [-0.4, -0.2) is 29.3 Å². The number of hydrogen-bond acceptors (Lipinski definition) is 3. The van der Waals surface area contributed by atoms with Crippen LogP contribution in [0.4, 0.5) is 0 Å². The number of nitrogens with one attached hydrogen (secondary N) is 1. The number of fused-ring (bicyclic) bond motifs is 1. The highest BCUT2D eigenvalue weighted by atomic mass is 16.5. The summed E-state index contributed by atoms with van der Waals surface area (Å²) in [5.74, 6) is 2.89. The van der Waals surface area contributed by atoms with E-state index in [4.69, 9.17) is 9.72 Å². The number of nitrogens with zero attached hydrogens (tertiary/aromatic N) is 2. The van der Waals surface area contributed by atoms with Crippen LogP contribution in [0, 0.1) is 5.92 Å². The van der Waals surface area contributed by atoms with Crippen LogP contribution in [0.2, 0.25) is 0 Å². The molecule has 1 atom stereocenters. The van der Waals surface area contributed by atoms with Gasteiger partial charge in [-0.25, -0.2) is 4.98 Å². The van der Waals surface area contributed by atoms with Gasteiger partial charge in [0.15, 0.2) is 0 Å². The highest BCUT2D eigenvalue weighted by Crippen LogP contribution is 2.35. The maximum Gasteiger partial charge on any atom is 0.112 e. The Morgan fingerprint density at radius 1 is 1.24 bits per heavy atom. The van der Waals surface area contributed by atoms with Crippen LogP contribution in [0.15, 0.2) is 0 Å². The number of ether oxygens (including phenoxy) is 1. The topological polar surface area (TPSA) is 39.1 Å². The third kappa shape index (κ3) is 2.76. The van der Waals surface area contributed by atoms with Gasteiger partial charge in [0.2, 0.25) is 0 Å². The normalized spacial score (nSPS) is 26.4. The molecule has 1 aliphatic carbocycles. The molecular formula is C17H27N3O. The Bertz CT molecular complexity index is 484. The second kappa shape index (κ2) is 6.09. The minimum absolute atomic E-state index is 0.718. The molecule has 1 N–H and O–H groups in total. The molecule has 1 saturated carbocycles. The molecule has 2 aliphatic heterocycles. The molecule has 1 aromatic heterocycles. The SMILES string of the molecule is C1CCC(c2nc3c(n2CCC2CCOC2)CCNC3)C1. The van der Waals surface area contributed by atoms with Crippen molar-refractivity contribution in [3.05, 3.63) is 17.2 Å². The van der Waals surface area contributed by atoms with Crippen molar-refractivity contribution in [1.82, 2.24) is 14.9 Å². The Hall–Kier alpha value is -0.870. The Labute approximate surface area is 127 Å². The van der Waals surface area contributed by atoms with Gasteiger partial charge in [0.1, 0.15) is 5.82 Å². The Kier molecular flexibility index (Phi) is 3.99. The van der Waals surface area contributed by atoms with Gasteiger partial charge in [-0.05, 0) is 31.6 Å². The third-order valence-corrected chi connectivity index (χ3v) is 5.52. The molecule has 4 heteroatoms. The van der Waals surface area contributed by atoms with Gasteiger partial charge < -0.3 is 14.6 Å². The number of rotatable bonds is 4. The number of aromatic nitrogens is 2. The summed E-state index contributed by atoms with van der Waals surface area (Å²) in [6.45, 7) is 5.16. The first-order valence-electron chi connectivity index (χ1n) is 8.78. The average molecular weight is 289 g/mol. The van der Waals surface area contributed by atoms with Crippen molar-refractivity contribution in [2.45, 2.75) is 64.0 Å². The molecule has 4 nitrogen and oxygen atoms in total. The third-order valence-electron chi connectivity index (χ3n) is 5.52. The first-order chi connectivity index (χ1) is 10.4. The Morgan fingerprint density at radius 3 is 2.95 bits per heavy atom. The van der Waals surface area contributed by atoms with E-state index in [1.807, 2.05) is 0 Å². The first-order valence-corrected chi connectivity index (χ1v) is 8.78. The summed E-state index contributed by atoms with van der Waals surface area (Å²) < 4.78 is 8.14. The van der Waals surface area contributed by atoms with Gasteiger partial charge in [0.05, 0.1) is 5.69 Å². The fourth-order valence-electron chi connectivity index (χ4n) is 4.26. The van der Waals surface area contributed by atoms with Gasteiger partial charge in [-0.2, -0.15) is 0 Å². The largest absolute Gasteiger partial charge is 0.381 e. The van der Waals surface area contributed by atoms with Crippen LogP contribution >= 0.6 is 0 Å². The summed E-state index contributed by atoms with van der Waals surface area (Å²) in [6.07, 6.45) is 9.11. The second-order valence-corrected chi connectivity index (χ2v) is 6.94. The summed E-state index contributed by atoms with van der Waals surface area (Å²) in [6, 6.07) is 0. The fraction of sp³-hybridized carbons (Fsp3) is 0.824. The van der Waals surface area contributed by atoms with Gasteiger partial charge in [0, 0.05) is 50.9 Å². The Morgan fingerprint density at radius 2 is 2.14 bits per heavy atom. The van der Waals surface area contributed by atoms with E-state index >= 15 is 0 Å². The highest BCUT2D eigenvalue weighted by molar-refractivity contribution is 5.22. The van der Waals surface area contributed by atoms with Crippen LogP contribution in [0.5, 0.6) is 0 Å². The zero-order valence-electron chi connectivity index (χ0n) is 12.9. The summed E-state index contributed by atoms with van der Waals surface area (Å²) in [7, 11) is 0. The summed E-state index contributed by atoms with van der Waals surface area (Å²) in [4.78, 5) is 5.05. The zero-order valence-corrected chi connectivity index (χ0v) is 12.9. The smallest absolute Gasteiger partial charge is 0.112 e. The van der Waals surface area contributed by atoms with E-state index in [1.165, 1.54) is 55.7 Å². The molecule has 0 aromatic carbocycles. The molecule has 1 unspecified atom stereocenters. The predicted octanol–water partition coefficient (Wildman–Crippen LogP) is 2.61. The zero-order chi connectivity index (χ0) is 14.1. The van der Waals surface area contributed by atoms with Gasteiger partial charge in [-0.1, -0.05) is 12.8 Å². The van der Waals surface area contributed by atoms with E-state index in [0.717, 1.165) is 51.1 Å². The van der Waals surface area contributed by atoms with Crippen molar-refractivity contribution in [2.24, 2.45) is 5.92 Å². The second-order valence-electron chi connectivity index (χ2n) is 6.94. The van der Waals surface area contributed by atoms with E-state index < -0.39 is 0 Å². The van der Waals surface area contributed by atoms with Crippen LogP contribution in [0.3, 0.4) is 0 Å². The number of imidazole rings is 1. The van der Waals surface area contributed by atoms with Crippen molar-refractivity contribution in [3.8, 4) is 0 Å². The molecule has 3 heterocycles. The van der Waals surface area contributed by atoms with E-state index in [-0.39, 0.29) is 0 Å². The summed E-state index contributed by atoms with van der Waals surface area (Å²) in [5, 5.41) is 3.47. The lowest BCUT2D eigenvalue weighted by atomic mass is 10.0. The quantitative estimate of drug-likeness (QED) is 0.926. The molecule has 1 saturated heterocycles. The molecule has 0 bridgehead atoms. The van der Waals surface area contributed by atoms with E-state index in [0.29, 0.717) is 0 Å². The summed E-state index contributed by atoms with van der Waals surface area (Å²) >= 11 is 0. The minimum atomic E-state index is 0.718. The maximum absolute atomic E-state index is 5.53. The van der Waals surface area contributed by atoms with E-state index in [1.54, 1.807) is 0 Å². The first kappa shape index (κ1) is 13.8. The van der Waals surface area contributed by atoms with Crippen LogP contribution in [0.1, 0.15) is 61.7 Å². The monoisotopic (exact) mass is 289 g/mol. The summed E-state index contributed by atoms with van der Waals surface area (Å²) in [5.41, 5.74) is 2.85. The van der Waals surface area contributed by atoms with E-state index in [9.17, 15) is 0 Å². The lowest BCUT2D eigenvalue weighted by Crippen LogP contribution is -2.25. The highest BCUT2D eigenvalue weighted by Gasteiger charge is 2.27. The molecule has 2 fully saturated rings. The van der Waals surface area contributed by atoms with Crippen molar-refractivity contribution >= 4 is 0 Å². The van der Waals surface area contributed by atoms with Crippen molar-refractivity contribution in [1.29, 1.82) is 0 Å². The van der Waals surface area contributed by atoms with Crippen LogP contribution in [0.25, 0.3) is 0 Å². The van der Waals surface area contributed by atoms with Gasteiger partial charge in [-0.3, -0.25) is 0 Å². The number of hydrogen-bond donors (Lipinski definition) is 1. The maximum atomic E-state index is 5.53. The molecule has 0 spiro atoms. The molecular weight excluding hydrogens is 262 g/mol. The van der Waals surface area contributed by atoms with Crippen molar-refractivity contribution in [3.63, 3.8) is 0 Å². The van der Waals surface area contributed by atoms with Gasteiger partial charge >= 0.3 is 0 Å². The molecule has 3 aliphatic rings. The van der Waals surface area contributed by atoms with Crippen LogP contribution in [-0.2, 0) is 24.2 Å². The fourth-order valence-corrected chi connectivity index (χ4v) is 4.26. The van der Waals surface area contributed by atoms with Gasteiger partial charge in [-0.15, -0.1) is 0 Å².